The number of fused-ring (bicyclic) bond motifs is 2. The molecule has 4 atom stereocenters. The summed E-state index contributed by atoms with van der Waals surface area (Å²) in [5.41, 5.74) is 0.590. The van der Waals surface area contributed by atoms with Crippen LogP contribution in [0.2, 0.25) is 6.82 Å². The van der Waals surface area contributed by atoms with E-state index in [0.717, 1.165) is 17.8 Å². The van der Waals surface area contributed by atoms with E-state index in [1.165, 1.54) is 12.8 Å². The largest absolute Gasteiger partial charge is 0.438 e. The highest BCUT2D eigenvalue weighted by Gasteiger charge is 2.56. The Morgan fingerprint density at radius 1 is 1.31 bits per heavy atom. The lowest BCUT2D eigenvalue weighted by Gasteiger charge is -2.62. The van der Waals surface area contributed by atoms with Crippen LogP contribution in [0.5, 0.6) is 0 Å². The van der Waals surface area contributed by atoms with Crippen LogP contribution >= 0.6 is 0 Å². The van der Waals surface area contributed by atoms with Gasteiger partial charge >= 0.3 is 0 Å². The normalized spacial score (nSPS) is 46.8. The quantitative estimate of drug-likeness (QED) is 0.592. The zero-order valence-electron chi connectivity index (χ0n) is 9.21. The molecule has 1 nitrogen and oxygen atoms in total. The van der Waals surface area contributed by atoms with Gasteiger partial charge in [-0.05, 0) is 36.0 Å². The molecular weight excluding hydrogens is 159 g/mol. The Morgan fingerprint density at radius 2 is 2.00 bits per heavy atom. The van der Waals surface area contributed by atoms with Crippen LogP contribution in [-0.2, 0) is 4.65 Å². The molecule has 13 heavy (non-hydrogen) atoms. The Morgan fingerprint density at radius 3 is 2.46 bits per heavy atom. The highest BCUT2D eigenvalue weighted by Crippen LogP contribution is 2.61. The van der Waals surface area contributed by atoms with Crippen LogP contribution in [-0.4, -0.2) is 13.6 Å². The molecule has 3 aliphatic rings. The standard InChI is InChI=1S/C11H20BO/c1-7-9-5-8(11(9,2)3)6-10(7)13-12-4/h7-10H,5-6H2,1-4H3. The molecule has 2 heteroatoms. The molecule has 0 aliphatic heterocycles. The van der Waals surface area contributed by atoms with Gasteiger partial charge in [-0.15, -0.1) is 0 Å². The smallest absolute Gasteiger partial charge is 0.289 e. The summed E-state index contributed by atoms with van der Waals surface area (Å²) in [7, 11) is 1.86. The van der Waals surface area contributed by atoms with Gasteiger partial charge in [-0.2, -0.15) is 0 Å². The summed E-state index contributed by atoms with van der Waals surface area (Å²) in [4.78, 5) is 0. The van der Waals surface area contributed by atoms with E-state index in [-0.39, 0.29) is 0 Å². The van der Waals surface area contributed by atoms with E-state index in [9.17, 15) is 0 Å². The Labute approximate surface area is 82.5 Å². The molecule has 0 heterocycles. The van der Waals surface area contributed by atoms with Crippen molar-refractivity contribution in [3.8, 4) is 0 Å². The molecular formula is C11H20BO. The third-order valence-electron chi connectivity index (χ3n) is 4.60. The number of hydrogen-bond acceptors (Lipinski definition) is 1. The van der Waals surface area contributed by atoms with Crippen molar-refractivity contribution in [3.05, 3.63) is 0 Å². The Bertz CT molecular complexity index is 202. The van der Waals surface area contributed by atoms with E-state index in [1.807, 2.05) is 14.3 Å². The second kappa shape index (κ2) is 3.01. The van der Waals surface area contributed by atoms with Gasteiger partial charge in [0.1, 0.15) is 0 Å². The lowest BCUT2D eigenvalue weighted by molar-refractivity contribution is -0.147. The molecule has 3 rings (SSSR count). The van der Waals surface area contributed by atoms with Gasteiger partial charge in [-0.3, -0.25) is 0 Å². The van der Waals surface area contributed by atoms with E-state index in [1.54, 1.807) is 0 Å². The Balaban J connectivity index is 2.03. The Hall–Kier alpha value is 0.0249. The van der Waals surface area contributed by atoms with Crippen molar-refractivity contribution < 1.29 is 4.65 Å². The van der Waals surface area contributed by atoms with Crippen molar-refractivity contribution in [2.45, 2.75) is 46.5 Å². The molecule has 0 N–H and O–H groups in total. The van der Waals surface area contributed by atoms with E-state index in [4.69, 9.17) is 4.65 Å². The predicted octanol–water partition coefficient (Wildman–Crippen LogP) is 2.74. The minimum Gasteiger partial charge on any atom is -0.438 e. The fourth-order valence-electron chi connectivity index (χ4n) is 3.46. The maximum atomic E-state index is 5.66. The van der Waals surface area contributed by atoms with Gasteiger partial charge in [-0.1, -0.05) is 27.6 Å². The topological polar surface area (TPSA) is 9.23 Å². The average molecular weight is 179 g/mol. The van der Waals surface area contributed by atoms with Crippen LogP contribution < -0.4 is 0 Å². The molecule has 2 bridgehead atoms. The second-order valence-electron chi connectivity index (χ2n) is 5.37. The molecule has 1 radical (unpaired) electrons. The van der Waals surface area contributed by atoms with Crippen molar-refractivity contribution in [1.82, 2.24) is 0 Å². The predicted molar refractivity (Wildman–Crippen MR) is 55.7 cm³/mol. The molecule has 0 aromatic heterocycles. The van der Waals surface area contributed by atoms with Crippen LogP contribution in [0.1, 0.15) is 33.6 Å². The minimum absolute atomic E-state index is 0.502. The molecule has 0 amide bonds. The number of rotatable bonds is 2. The zero-order chi connectivity index (χ0) is 9.64. The fraction of sp³-hybridized carbons (Fsp3) is 1.00. The molecule has 0 aromatic carbocycles. The van der Waals surface area contributed by atoms with Gasteiger partial charge in [-0.25, -0.2) is 0 Å². The molecule has 4 unspecified atom stereocenters. The first-order valence-electron chi connectivity index (χ1n) is 5.50. The highest BCUT2D eigenvalue weighted by molar-refractivity contribution is 6.24. The molecule has 3 saturated carbocycles. The van der Waals surface area contributed by atoms with Gasteiger partial charge in [0, 0.05) is 6.10 Å². The minimum atomic E-state index is 0.502. The summed E-state index contributed by atoms with van der Waals surface area (Å²) < 4.78 is 5.66. The summed E-state index contributed by atoms with van der Waals surface area (Å²) in [6.07, 6.45) is 3.22. The van der Waals surface area contributed by atoms with Gasteiger partial charge in [0.2, 0.25) is 0 Å². The highest BCUT2D eigenvalue weighted by atomic mass is 16.4. The van der Waals surface area contributed by atoms with E-state index in [2.05, 4.69) is 20.8 Å². The lowest BCUT2D eigenvalue weighted by atomic mass is 9.45. The van der Waals surface area contributed by atoms with E-state index in [0.29, 0.717) is 11.5 Å². The third-order valence-corrected chi connectivity index (χ3v) is 4.60. The van der Waals surface area contributed by atoms with Crippen LogP contribution in [0.25, 0.3) is 0 Å². The molecule has 0 saturated heterocycles. The van der Waals surface area contributed by atoms with Crippen molar-refractivity contribution in [2.75, 3.05) is 0 Å². The monoisotopic (exact) mass is 179 g/mol. The summed E-state index contributed by atoms with van der Waals surface area (Å²) >= 11 is 0. The van der Waals surface area contributed by atoms with Gasteiger partial charge in [0.25, 0.3) is 7.48 Å². The molecule has 0 spiro atoms. The summed E-state index contributed by atoms with van der Waals surface area (Å²) in [6.45, 7) is 9.19. The first kappa shape index (κ1) is 9.58. The van der Waals surface area contributed by atoms with Crippen LogP contribution in [0, 0.1) is 23.2 Å². The summed E-state index contributed by atoms with van der Waals surface area (Å²) in [6, 6.07) is 0. The summed E-state index contributed by atoms with van der Waals surface area (Å²) in [5.74, 6) is 2.56. The molecule has 0 aromatic rings. The first-order chi connectivity index (χ1) is 6.07. The molecule has 3 fully saturated rings. The third kappa shape index (κ3) is 1.26. The van der Waals surface area contributed by atoms with Crippen LogP contribution in [0.4, 0.5) is 0 Å². The van der Waals surface area contributed by atoms with Crippen molar-refractivity contribution >= 4 is 7.48 Å². The zero-order valence-corrected chi connectivity index (χ0v) is 9.21. The SMILES string of the molecule is C[B]OC1CC2CC(C1C)C2(C)C. The second-order valence-corrected chi connectivity index (χ2v) is 5.37. The average Bonchev–Trinajstić information content (AvgIpc) is 2.08. The van der Waals surface area contributed by atoms with E-state index < -0.39 is 0 Å². The van der Waals surface area contributed by atoms with Gasteiger partial charge < -0.3 is 4.65 Å². The first-order valence-corrected chi connectivity index (χ1v) is 5.50. The maximum absolute atomic E-state index is 5.66. The Kier molecular flexibility index (Phi) is 2.22. The van der Waals surface area contributed by atoms with E-state index >= 15 is 0 Å². The van der Waals surface area contributed by atoms with Crippen molar-refractivity contribution in [1.29, 1.82) is 0 Å². The maximum Gasteiger partial charge on any atom is 0.289 e. The van der Waals surface area contributed by atoms with Crippen molar-refractivity contribution in [3.63, 3.8) is 0 Å². The molecule has 3 aliphatic carbocycles. The van der Waals surface area contributed by atoms with Crippen LogP contribution in [0.15, 0.2) is 0 Å². The van der Waals surface area contributed by atoms with Crippen molar-refractivity contribution in [2.24, 2.45) is 23.2 Å². The van der Waals surface area contributed by atoms with Gasteiger partial charge in [0.15, 0.2) is 0 Å². The summed E-state index contributed by atoms with van der Waals surface area (Å²) in [5, 5.41) is 0. The van der Waals surface area contributed by atoms with Gasteiger partial charge in [0.05, 0.1) is 0 Å². The number of hydrogen-bond donors (Lipinski definition) is 0. The lowest BCUT2D eigenvalue weighted by Crippen LogP contribution is -2.57. The fourth-order valence-corrected chi connectivity index (χ4v) is 3.46. The van der Waals surface area contributed by atoms with Crippen LogP contribution in [0.3, 0.4) is 0 Å². The molecule has 73 valence electrons.